The second-order valence-electron chi connectivity index (χ2n) is 4.29. The van der Waals surface area contributed by atoms with E-state index < -0.39 is 0 Å². The van der Waals surface area contributed by atoms with Crippen LogP contribution in [0.15, 0.2) is 11.5 Å². The highest BCUT2D eigenvalue weighted by Crippen LogP contribution is 2.29. The van der Waals surface area contributed by atoms with Crippen LogP contribution >= 0.6 is 22.7 Å². The van der Waals surface area contributed by atoms with E-state index in [4.69, 9.17) is 0 Å². The molecule has 2 heterocycles. The van der Waals surface area contributed by atoms with Gasteiger partial charge in [0.25, 0.3) is 0 Å². The molecule has 0 saturated carbocycles. The third-order valence-electron chi connectivity index (χ3n) is 2.49. The highest BCUT2D eigenvalue weighted by molar-refractivity contribution is 7.16. The van der Waals surface area contributed by atoms with Crippen LogP contribution in [0, 0.1) is 13.8 Å². The van der Waals surface area contributed by atoms with Crippen LogP contribution in [0.1, 0.15) is 15.6 Å². The molecule has 4 nitrogen and oxygen atoms in total. The van der Waals surface area contributed by atoms with E-state index in [1.807, 2.05) is 25.3 Å². The predicted molar refractivity (Wildman–Crippen MR) is 80.4 cm³/mol. The van der Waals surface area contributed by atoms with E-state index in [0.29, 0.717) is 0 Å². The van der Waals surface area contributed by atoms with Crippen LogP contribution in [-0.4, -0.2) is 34.9 Å². The van der Waals surface area contributed by atoms with Crippen molar-refractivity contribution in [2.75, 3.05) is 14.1 Å². The highest BCUT2D eigenvalue weighted by atomic mass is 32.1. The standard InChI is InChI=1S/C13H15N3OS2/c1-8-11(5-6-12(17)16(3)4)19-13(14-8)10-7-18-9(2)15-10/h5-7H,1-4H3. The molecule has 0 aliphatic carbocycles. The fraction of sp³-hybridized carbons (Fsp3) is 0.308. The molecule has 0 atom stereocenters. The number of nitrogens with zero attached hydrogens (tertiary/aromatic N) is 3. The molecule has 19 heavy (non-hydrogen) atoms. The zero-order chi connectivity index (χ0) is 14.0. The van der Waals surface area contributed by atoms with Crippen LogP contribution in [0.25, 0.3) is 16.8 Å². The van der Waals surface area contributed by atoms with Crippen LogP contribution in [0.5, 0.6) is 0 Å². The quantitative estimate of drug-likeness (QED) is 0.817. The summed E-state index contributed by atoms with van der Waals surface area (Å²) in [5.41, 5.74) is 1.84. The molecule has 0 spiro atoms. The van der Waals surface area contributed by atoms with Gasteiger partial charge in [-0.25, -0.2) is 9.97 Å². The Morgan fingerprint density at radius 1 is 1.32 bits per heavy atom. The molecule has 2 rings (SSSR count). The molecule has 1 amide bonds. The van der Waals surface area contributed by atoms with Gasteiger partial charge in [0, 0.05) is 25.6 Å². The minimum atomic E-state index is -0.0288. The molecule has 0 aromatic carbocycles. The molecule has 0 aliphatic heterocycles. The number of carbonyl (C=O) groups excluding carboxylic acids is 1. The summed E-state index contributed by atoms with van der Waals surface area (Å²) in [5.74, 6) is -0.0288. The number of hydrogen-bond donors (Lipinski definition) is 0. The number of rotatable bonds is 3. The Hall–Kier alpha value is -1.53. The first kappa shape index (κ1) is 13.9. The number of aromatic nitrogens is 2. The van der Waals surface area contributed by atoms with Crippen molar-refractivity contribution in [3.8, 4) is 10.7 Å². The third kappa shape index (κ3) is 3.27. The first-order valence-corrected chi connectivity index (χ1v) is 7.46. The molecule has 0 unspecified atom stereocenters. The van der Waals surface area contributed by atoms with Crippen molar-refractivity contribution in [1.82, 2.24) is 14.9 Å². The summed E-state index contributed by atoms with van der Waals surface area (Å²) in [6.45, 7) is 3.92. The van der Waals surface area contributed by atoms with E-state index in [1.165, 1.54) is 4.90 Å². The fourth-order valence-corrected chi connectivity index (χ4v) is 3.03. The Labute approximate surface area is 120 Å². The van der Waals surface area contributed by atoms with E-state index in [9.17, 15) is 4.79 Å². The van der Waals surface area contributed by atoms with Crippen LogP contribution in [0.3, 0.4) is 0 Å². The van der Waals surface area contributed by atoms with Gasteiger partial charge in [-0.15, -0.1) is 22.7 Å². The van der Waals surface area contributed by atoms with E-state index in [1.54, 1.807) is 42.8 Å². The molecule has 100 valence electrons. The molecule has 2 aromatic heterocycles. The minimum absolute atomic E-state index is 0.0288. The summed E-state index contributed by atoms with van der Waals surface area (Å²) < 4.78 is 0. The average molecular weight is 293 g/mol. The SMILES string of the molecule is Cc1nc(-c2nc(C)c(C=CC(=O)N(C)C)s2)cs1. The normalized spacial score (nSPS) is 11.2. The molecule has 0 fully saturated rings. The number of thiazole rings is 2. The lowest BCUT2D eigenvalue weighted by Crippen LogP contribution is -2.18. The van der Waals surface area contributed by atoms with Gasteiger partial charge < -0.3 is 4.90 Å². The van der Waals surface area contributed by atoms with Gasteiger partial charge in [0.05, 0.1) is 15.6 Å². The van der Waals surface area contributed by atoms with Crippen LogP contribution in [0.2, 0.25) is 0 Å². The Morgan fingerprint density at radius 2 is 2.05 bits per heavy atom. The molecule has 0 N–H and O–H groups in total. The topological polar surface area (TPSA) is 46.1 Å². The van der Waals surface area contributed by atoms with Gasteiger partial charge in [0.1, 0.15) is 10.7 Å². The second kappa shape index (κ2) is 5.63. The van der Waals surface area contributed by atoms with Crippen LogP contribution in [0.4, 0.5) is 0 Å². The second-order valence-corrected chi connectivity index (χ2v) is 6.38. The summed E-state index contributed by atoms with van der Waals surface area (Å²) in [4.78, 5) is 23.0. The fourth-order valence-electron chi connectivity index (χ4n) is 1.43. The van der Waals surface area contributed by atoms with Crippen molar-refractivity contribution in [2.24, 2.45) is 0 Å². The van der Waals surface area contributed by atoms with Gasteiger partial charge in [-0.2, -0.15) is 0 Å². The number of hydrogen-bond acceptors (Lipinski definition) is 5. The number of amides is 1. The van der Waals surface area contributed by atoms with Gasteiger partial charge in [-0.1, -0.05) is 0 Å². The smallest absolute Gasteiger partial charge is 0.246 e. The summed E-state index contributed by atoms with van der Waals surface area (Å²) >= 11 is 3.17. The van der Waals surface area contributed by atoms with E-state index in [-0.39, 0.29) is 5.91 Å². The van der Waals surface area contributed by atoms with Crippen molar-refractivity contribution < 1.29 is 4.79 Å². The average Bonchev–Trinajstić information content (AvgIpc) is 2.92. The molecule has 0 saturated heterocycles. The van der Waals surface area contributed by atoms with E-state index in [2.05, 4.69) is 9.97 Å². The number of likely N-dealkylation sites (N-methyl/N-ethyl adjacent to an activating group) is 1. The lowest BCUT2D eigenvalue weighted by molar-refractivity contribution is -0.123. The van der Waals surface area contributed by atoms with Gasteiger partial charge in [0.15, 0.2) is 0 Å². The molecular formula is C13H15N3OS2. The monoisotopic (exact) mass is 293 g/mol. The maximum atomic E-state index is 11.5. The van der Waals surface area contributed by atoms with Crippen molar-refractivity contribution in [3.63, 3.8) is 0 Å². The maximum absolute atomic E-state index is 11.5. The first-order valence-electron chi connectivity index (χ1n) is 5.76. The van der Waals surface area contributed by atoms with Gasteiger partial charge >= 0.3 is 0 Å². The highest BCUT2D eigenvalue weighted by Gasteiger charge is 2.10. The van der Waals surface area contributed by atoms with E-state index >= 15 is 0 Å². The third-order valence-corrected chi connectivity index (χ3v) is 4.41. The zero-order valence-corrected chi connectivity index (χ0v) is 12.9. The molecule has 0 bridgehead atoms. The summed E-state index contributed by atoms with van der Waals surface area (Å²) in [5, 5.41) is 3.94. The van der Waals surface area contributed by atoms with Crippen molar-refractivity contribution >= 4 is 34.7 Å². The summed E-state index contributed by atoms with van der Waals surface area (Å²) in [7, 11) is 3.46. The molecule has 2 aromatic rings. The zero-order valence-electron chi connectivity index (χ0n) is 11.3. The minimum Gasteiger partial charge on any atom is -0.345 e. The van der Waals surface area contributed by atoms with Gasteiger partial charge in [-0.05, 0) is 19.9 Å². The Bertz CT molecular complexity index is 626. The van der Waals surface area contributed by atoms with Gasteiger partial charge in [0.2, 0.25) is 5.91 Å². The number of aryl methyl sites for hydroxylation is 2. The summed E-state index contributed by atoms with van der Waals surface area (Å²) in [6, 6.07) is 0. The van der Waals surface area contributed by atoms with Crippen LogP contribution < -0.4 is 0 Å². The maximum Gasteiger partial charge on any atom is 0.246 e. The van der Waals surface area contributed by atoms with Gasteiger partial charge in [-0.3, -0.25) is 4.79 Å². The largest absolute Gasteiger partial charge is 0.345 e. The first-order chi connectivity index (χ1) is 8.97. The Morgan fingerprint density at radius 3 is 2.63 bits per heavy atom. The molecule has 0 radical (unpaired) electrons. The lowest BCUT2D eigenvalue weighted by Gasteiger charge is -2.04. The number of carbonyl (C=O) groups is 1. The van der Waals surface area contributed by atoms with Crippen molar-refractivity contribution in [2.45, 2.75) is 13.8 Å². The molecular weight excluding hydrogens is 278 g/mol. The predicted octanol–water partition coefficient (Wildman–Crippen LogP) is 2.98. The lowest BCUT2D eigenvalue weighted by atomic mass is 10.3. The van der Waals surface area contributed by atoms with Crippen LogP contribution in [-0.2, 0) is 4.79 Å². The van der Waals surface area contributed by atoms with Crippen molar-refractivity contribution in [1.29, 1.82) is 0 Å². The Balaban J connectivity index is 2.24. The molecule has 0 aliphatic rings. The molecule has 6 heteroatoms. The van der Waals surface area contributed by atoms with E-state index in [0.717, 1.165) is 26.3 Å². The van der Waals surface area contributed by atoms with Crippen molar-refractivity contribution in [3.05, 3.63) is 27.0 Å². The Kier molecular flexibility index (Phi) is 4.11. The summed E-state index contributed by atoms with van der Waals surface area (Å²) in [6.07, 6.45) is 3.38.